The number of H-pyrrole nitrogens is 1. The predicted molar refractivity (Wildman–Crippen MR) is 71.0 cm³/mol. The van der Waals surface area contributed by atoms with E-state index < -0.39 is 5.76 Å². The van der Waals surface area contributed by atoms with Crippen LogP contribution in [0.2, 0.25) is 0 Å². The lowest BCUT2D eigenvalue weighted by molar-refractivity contribution is 0.0195. The maximum atomic E-state index is 11.1. The van der Waals surface area contributed by atoms with Gasteiger partial charge in [-0.05, 0) is 24.1 Å². The first kappa shape index (κ1) is 12.4. The Morgan fingerprint density at radius 1 is 1.47 bits per heavy atom. The fourth-order valence-electron chi connectivity index (χ4n) is 2.38. The van der Waals surface area contributed by atoms with E-state index in [1.165, 1.54) is 0 Å². The van der Waals surface area contributed by atoms with Crippen LogP contribution >= 0.6 is 0 Å². The van der Waals surface area contributed by atoms with Gasteiger partial charge in [-0.3, -0.25) is 4.98 Å². The number of nitrogens with two attached hydrogens (primary N) is 1. The number of benzene rings is 1. The van der Waals surface area contributed by atoms with Crippen molar-refractivity contribution in [3.63, 3.8) is 0 Å². The van der Waals surface area contributed by atoms with E-state index in [2.05, 4.69) is 10.3 Å². The van der Waals surface area contributed by atoms with Crippen molar-refractivity contribution in [2.45, 2.75) is 18.6 Å². The van der Waals surface area contributed by atoms with E-state index in [0.29, 0.717) is 11.1 Å². The van der Waals surface area contributed by atoms with Crippen LogP contribution in [-0.2, 0) is 4.74 Å². The van der Waals surface area contributed by atoms with Crippen molar-refractivity contribution in [1.29, 1.82) is 0 Å². The van der Waals surface area contributed by atoms with E-state index >= 15 is 0 Å². The molecule has 0 aliphatic carbocycles. The fraction of sp³-hybridized carbons (Fsp3) is 0.462. The Kier molecular flexibility index (Phi) is 3.37. The molecule has 4 N–H and O–H groups in total. The van der Waals surface area contributed by atoms with Crippen molar-refractivity contribution in [3.8, 4) is 0 Å². The second kappa shape index (κ2) is 5.16. The summed E-state index contributed by atoms with van der Waals surface area (Å²) in [7, 11) is 0. The smallest absolute Gasteiger partial charge is 0.408 e. The first-order chi connectivity index (χ1) is 9.22. The van der Waals surface area contributed by atoms with Crippen LogP contribution in [0.3, 0.4) is 0 Å². The fourth-order valence-corrected chi connectivity index (χ4v) is 2.38. The third-order valence-electron chi connectivity index (χ3n) is 3.39. The molecule has 0 radical (unpaired) electrons. The summed E-state index contributed by atoms with van der Waals surface area (Å²) >= 11 is 0. The molecule has 0 bridgehead atoms. The Morgan fingerprint density at radius 2 is 2.37 bits per heavy atom. The number of aromatic nitrogens is 1. The lowest BCUT2D eigenvalue weighted by atomic mass is 10.0. The van der Waals surface area contributed by atoms with Gasteiger partial charge in [-0.25, -0.2) is 4.79 Å². The van der Waals surface area contributed by atoms with E-state index in [0.717, 1.165) is 31.7 Å². The molecular formula is C13H17N3O3. The normalized spacial score (nSPS) is 21.6. The predicted octanol–water partition coefficient (Wildman–Crippen LogP) is 0.499. The number of rotatable bonds is 3. The van der Waals surface area contributed by atoms with Crippen LogP contribution in [0, 0.1) is 0 Å². The summed E-state index contributed by atoms with van der Waals surface area (Å²) < 4.78 is 10.7. The standard InChI is InChI=1S/C13H17N3O3/c14-10(6-9-7-15-3-4-18-9)8-1-2-11-12(5-8)19-13(17)16-11/h1-2,5,9-10,15H,3-4,6-7,14H2,(H,16,17). The van der Waals surface area contributed by atoms with Crippen molar-refractivity contribution in [3.05, 3.63) is 34.3 Å². The van der Waals surface area contributed by atoms with Gasteiger partial charge < -0.3 is 20.2 Å². The summed E-state index contributed by atoms with van der Waals surface area (Å²) in [6.07, 6.45) is 0.880. The average molecular weight is 263 g/mol. The molecule has 6 nitrogen and oxygen atoms in total. The number of hydrogen-bond donors (Lipinski definition) is 3. The molecule has 102 valence electrons. The first-order valence-electron chi connectivity index (χ1n) is 6.43. The molecule has 0 amide bonds. The largest absolute Gasteiger partial charge is 0.417 e. The number of morpholine rings is 1. The zero-order valence-corrected chi connectivity index (χ0v) is 10.5. The van der Waals surface area contributed by atoms with Crippen molar-refractivity contribution in [2.24, 2.45) is 5.73 Å². The van der Waals surface area contributed by atoms with Gasteiger partial charge in [0.15, 0.2) is 5.58 Å². The highest BCUT2D eigenvalue weighted by Gasteiger charge is 2.18. The van der Waals surface area contributed by atoms with E-state index in [9.17, 15) is 4.79 Å². The molecule has 1 aromatic carbocycles. The summed E-state index contributed by atoms with van der Waals surface area (Å²) in [6.45, 7) is 2.45. The van der Waals surface area contributed by atoms with Crippen molar-refractivity contribution in [2.75, 3.05) is 19.7 Å². The molecule has 1 aliphatic heterocycles. The maximum absolute atomic E-state index is 11.1. The zero-order valence-electron chi connectivity index (χ0n) is 10.5. The topological polar surface area (TPSA) is 93.3 Å². The minimum atomic E-state index is -0.444. The number of nitrogens with one attached hydrogen (secondary N) is 2. The van der Waals surface area contributed by atoms with Crippen LogP contribution in [0.15, 0.2) is 27.4 Å². The second-order valence-electron chi connectivity index (χ2n) is 4.81. The van der Waals surface area contributed by atoms with Crippen LogP contribution < -0.4 is 16.8 Å². The molecule has 0 saturated carbocycles. The van der Waals surface area contributed by atoms with Crippen molar-refractivity contribution in [1.82, 2.24) is 10.3 Å². The van der Waals surface area contributed by atoms with Crippen LogP contribution in [-0.4, -0.2) is 30.8 Å². The van der Waals surface area contributed by atoms with E-state index in [-0.39, 0.29) is 12.1 Å². The minimum Gasteiger partial charge on any atom is -0.408 e. The van der Waals surface area contributed by atoms with Gasteiger partial charge in [0.1, 0.15) is 0 Å². The molecule has 2 atom stereocenters. The second-order valence-corrected chi connectivity index (χ2v) is 4.81. The molecule has 1 saturated heterocycles. The lowest BCUT2D eigenvalue weighted by Crippen LogP contribution is -2.40. The van der Waals surface area contributed by atoms with E-state index in [1.54, 1.807) is 0 Å². The van der Waals surface area contributed by atoms with Gasteiger partial charge in [0.25, 0.3) is 0 Å². The van der Waals surface area contributed by atoms with Crippen LogP contribution in [0.25, 0.3) is 11.1 Å². The highest BCUT2D eigenvalue weighted by Crippen LogP contribution is 2.21. The molecule has 2 aromatic rings. The number of oxazole rings is 1. The van der Waals surface area contributed by atoms with Crippen LogP contribution in [0.1, 0.15) is 18.0 Å². The molecular weight excluding hydrogens is 246 g/mol. The highest BCUT2D eigenvalue weighted by atomic mass is 16.5. The van der Waals surface area contributed by atoms with Crippen molar-refractivity contribution < 1.29 is 9.15 Å². The SMILES string of the molecule is NC(CC1CNCCO1)c1ccc2[nH]c(=O)oc2c1. The molecule has 3 rings (SSSR count). The van der Waals surface area contributed by atoms with Gasteiger partial charge >= 0.3 is 5.76 Å². The van der Waals surface area contributed by atoms with Gasteiger partial charge in [0, 0.05) is 19.1 Å². The van der Waals surface area contributed by atoms with E-state index in [4.69, 9.17) is 14.9 Å². The summed E-state index contributed by atoms with van der Waals surface area (Å²) in [4.78, 5) is 13.7. The summed E-state index contributed by atoms with van der Waals surface area (Å²) in [5, 5.41) is 3.28. The van der Waals surface area contributed by atoms with Gasteiger partial charge in [-0.2, -0.15) is 0 Å². The zero-order chi connectivity index (χ0) is 13.2. The molecule has 1 aliphatic rings. The third kappa shape index (κ3) is 2.70. The van der Waals surface area contributed by atoms with Gasteiger partial charge in [0.05, 0.1) is 18.2 Å². The van der Waals surface area contributed by atoms with Gasteiger partial charge in [-0.15, -0.1) is 0 Å². The lowest BCUT2D eigenvalue weighted by Gasteiger charge is -2.26. The Bertz CT molecular complexity index is 613. The Hall–Kier alpha value is -1.63. The third-order valence-corrected chi connectivity index (χ3v) is 3.39. The highest BCUT2D eigenvalue weighted by molar-refractivity contribution is 5.72. The monoisotopic (exact) mass is 263 g/mol. The Labute approximate surface area is 109 Å². The average Bonchev–Trinajstić information content (AvgIpc) is 2.78. The molecule has 2 heterocycles. The minimum absolute atomic E-state index is 0.130. The van der Waals surface area contributed by atoms with Gasteiger partial charge in [-0.1, -0.05) is 6.07 Å². The maximum Gasteiger partial charge on any atom is 0.417 e. The van der Waals surface area contributed by atoms with Crippen molar-refractivity contribution >= 4 is 11.1 Å². The Balaban J connectivity index is 1.76. The molecule has 2 unspecified atom stereocenters. The number of fused-ring (bicyclic) bond motifs is 1. The quantitative estimate of drug-likeness (QED) is 0.749. The van der Waals surface area contributed by atoms with E-state index in [1.807, 2.05) is 18.2 Å². The first-order valence-corrected chi connectivity index (χ1v) is 6.43. The number of ether oxygens (including phenoxy) is 1. The van der Waals surface area contributed by atoms with Crippen LogP contribution in [0.5, 0.6) is 0 Å². The Morgan fingerprint density at radius 3 is 3.16 bits per heavy atom. The van der Waals surface area contributed by atoms with Crippen LogP contribution in [0.4, 0.5) is 0 Å². The summed E-state index contributed by atoms with van der Waals surface area (Å²) in [5.41, 5.74) is 8.37. The number of aromatic amines is 1. The molecule has 0 spiro atoms. The number of hydrogen-bond acceptors (Lipinski definition) is 5. The molecule has 19 heavy (non-hydrogen) atoms. The molecule has 1 aromatic heterocycles. The van der Waals surface area contributed by atoms with Gasteiger partial charge in [0.2, 0.25) is 0 Å². The summed E-state index contributed by atoms with van der Waals surface area (Å²) in [5.74, 6) is -0.444. The molecule has 6 heteroatoms. The molecule has 1 fully saturated rings. The summed E-state index contributed by atoms with van der Waals surface area (Å²) in [6, 6.07) is 5.41.